The third kappa shape index (κ3) is 9.17. The molecule has 0 aromatic rings. The van der Waals surface area contributed by atoms with Crippen LogP contribution in [0.1, 0.15) is 20.3 Å². The Morgan fingerprint density at radius 1 is 1.43 bits per heavy atom. The Hall–Kier alpha value is 0.600. The molecule has 0 spiro atoms. The van der Waals surface area contributed by atoms with E-state index in [1.165, 1.54) is 0 Å². The summed E-state index contributed by atoms with van der Waals surface area (Å²) < 4.78 is 31.2. The molecule has 0 saturated heterocycles. The van der Waals surface area contributed by atoms with Gasteiger partial charge < -0.3 is 4.74 Å². The summed E-state index contributed by atoms with van der Waals surface area (Å²) in [5.74, 6) is 0.0480. The van der Waals surface area contributed by atoms with E-state index in [2.05, 4.69) is 27.3 Å². The average Bonchev–Trinajstić information content (AvgIpc) is 2.03. The SMILES string of the molecule is CC(C)OCCS(=O)(=O)NCCCI. The summed E-state index contributed by atoms with van der Waals surface area (Å²) in [5.41, 5.74) is 0. The first-order chi connectivity index (χ1) is 6.48. The molecular formula is C8H18INO3S. The van der Waals surface area contributed by atoms with Gasteiger partial charge in [0.1, 0.15) is 0 Å². The number of ether oxygens (including phenoxy) is 1. The van der Waals surface area contributed by atoms with Crippen LogP contribution in [0.4, 0.5) is 0 Å². The molecule has 0 atom stereocenters. The summed E-state index contributed by atoms with van der Waals surface area (Å²) in [7, 11) is -3.13. The minimum Gasteiger partial charge on any atom is -0.378 e. The van der Waals surface area contributed by atoms with Crippen molar-refractivity contribution in [2.45, 2.75) is 26.4 Å². The zero-order valence-corrected chi connectivity index (χ0v) is 11.6. The van der Waals surface area contributed by atoms with Gasteiger partial charge in [0.2, 0.25) is 10.0 Å². The quantitative estimate of drug-likeness (QED) is 0.411. The number of halogens is 1. The molecule has 0 radical (unpaired) electrons. The fourth-order valence-corrected chi connectivity index (χ4v) is 2.06. The van der Waals surface area contributed by atoms with Gasteiger partial charge in [-0.3, -0.25) is 0 Å². The predicted octanol–water partition coefficient (Wildman–Crippen LogP) is 1.16. The number of sulfonamides is 1. The Morgan fingerprint density at radius 2 is 2.07 bits per heavy atom. The van der Waals surface area contributed by atoms with E-state index in [0.717, 1.165) is 10.8 Å². The van der Waals surface area contributed by atoms with Crippen LogP contribution in [0.3, 0.4) is 0 Å². The van der Waals surface area contributed by atoms with Crippen LogP contribution in [0.25, 0.3) is 0 Å². The van der Waals surface area contributed by atoms with Gasteiger partial charge in [-0.05, 0) is 20.3 Å². The molecule has 14 heavy (non-hydrogen) atoms. The van der Waals surface area contributed by atoms with E-state index >= 15 is 0 Å². The summed E-state index contributed by atoms with van der Waals surface area (Å²) in [5, 5.41) is 0. The molecule has 0 rings (SSSR count). The molecule has 0 aromatic heterocycles. The number of alkyl halides is 1. The fraction of sp³-hybridized carbons (Fsp3) is 1.00. The van der Waals surface area contributed by atoms with E-state index in [9.17, 15) is 8.42 Å². The lowest BCUT2D eigenvalue weighted by Crippen LogP contribution is -2.29. The van der Waals surface area contributed by atoms with Crippen molar-refractivity contribution >= 4 is 32.6 Å². The average molecular weight is 335 g/mol. The second kappa shape index (κ2) is 7.84. The Kier molecular flexibility index (Phi) is 8.17. The van der Waals surface area contributed by atoms with E-state index in [1.807, 2.05) is 13.8 Å². The molecule has 0 saturated carbocycles. The van der Waals surface area contributed by atoms with Gasteiger partial charge in [-0.15, -0.1) is 0 Å². The van der Waals surface area contributed by atoms with Crippen LogP contribution in [-0.2, 0) is 14.8 Å². The van der Waals surface area contributed by atoms with Gasteiger partial charge in [0.15, 0.2) is 0 Å². The van der Waals surface area contributed by atoms with E-state index in [1.54, 1.807) is 0 Å². The van der Waals surface area contributed by atoms with Gasteiger partial charge in [-0.1, -0.05) is 22.6 Å². The van der Waals surface area contributed by atoms with E-state index < -0.39 is 10.0 Å². The normalized spacial score (nSPS) is 12.3. The number of hydrogen-bond donors (Lipinski definition) is 1. The molecule has 86 valence electrons. The second-order valence-corrected chi connectivity index (χ2v) is 6.18. The monoisotopic (exact) mass is 335 g/mol. The van der Waals surface area contributed by atoms with Crippen molar-refractivity contribution in [3.63, 3.8) is 0 Å². The first-order valence-corrected chi connectivity index (χ1v) is 7.80. The van der Waals surface area contributed by atoms with Crippen LogP contribution < -0.4 is 4.72 Å². The van der Waals surface area contributed by atoms with Crippen LogP contribution in [0.5, 0.6) is 0 Å². The van der Waals surface area contributed by atoms with Crippen LogP contribution in [-0.4, -0.2) is 37.9 Å². The van der Waals surface area contributed by atoms with Gasteiger partial charge in [-0.25, -0.2) is 13.1 Å². The van der Waals surface area contributed by atoms with Crippen molar-refractivity contribution in [3.05, 3.63) is 0 Å². The number of rotatable bonds is 8. The van der Waals surface area contributed by atoms with E-state index in [-0.39, 0.29) is 18.5 Å². The molecule has 0 amide bonds. The van der Waals surface area contributed by atoms with Crippen molar-refractivity contribution in [1.82, 2.24) is 4.72 Å². The summed E-state index contributed by atoms with van der Waals surface area (Å²) in [6.07, 6.45) is 0.949. The van der Waals surface area contributed by atoms with Crippen LogP contribution in [0, 0.1) is 0 Å². The standard InChI is InChI=1S/C8H18INO3S/c1-8(2)13-6-7-14(11,12)10-5-3-4-9/h8,10H,3-7H2,1-2H3. The van der Waals surface area contributed by atoms with E-state index in [0.29, 0.717) is 6.54 Å². The zero-order valence-electron chi connectivity index (χ0n) is 8.62. The third-order valence-corrected chi connectivity index (χ3v) is 3.55. The van der Waals surface area contributed by atoms with E-state index in [4.69, 9.17) is 4.74 Å². The van der Waals surface area contributed by atoms with Crippen molar-refractivity contribution in [2.24, 2.45) is 0 Å². The van der Waals surface area contributed by atoms with Gasteiger partial charge in [-0.2, -0.15) is 0 Å². The lowest BCUT2D eigenvalue weighted by Gasteiger charge is -2.08. The molecule has 0 unspecified atom stereocenters. The third-order valence-electron chi connectivity index (χ3n) is 1.44. The highest BCUT2D eigenvalue weighted by Gasteiger charge is 2.09. The zero-order chi connectivity index (χ0) is 11.0. The van der Waals surface area contributed by atoms with Crippen molar-refractivity contribution in [2.75, 3.05) is 23.3 Å². The first kappa shape index (κ1) is 14.6. The van der Waals surface area contributed by atoms with Crippen molar-refractivity contribution < 1.29 is 13.2 Å². The van der Waals surface area contributed by atoms with Gasteiger partial charge in [0.05, 0.1) is 18.5 Å². The summed E-state index contributed by atoms with van der Waals surface area (Å²) in [6, 6.07) is 0. The molecule has 0 fully saturated rings. The molecular weight excluding hydrogens is 317 g/mol. The fourth-order valence-electron chi connectivity index (χ4n) is 0.760. The topological polar surface area (TPSA) is 55.4 Å². The molecule has 0 aromatic carbocycles. The Labute approximate surface area is 100.0 Å². The Bertz CT molecular complexity index is 229. The maximum absolute atomic E-state index is 11.3. The summed E-state index contributed by atoms with van der Waals surface area (Å²) in [6.45, 7) is 4.55. The lowest BCUT2D eigenvalue weighted by atomic mass is 10.5. The molecule has 1 N–H and O–H groups in total. The molecule has 0 aliphatic rings. The largest absolute Gasteiger partial charge is 0.378 e. The Balaban J connectivity index is 3.62. The van der Waals surface area contributed by atoms with Gasteiger partial charge >= 0.3 is 0 Å². The molecule has 6 heteroatoms. The molecule has 0 heterocycles. The van der Waals surface area contributed by atoms with Crippen LogP contribution >= 0.6 is 22.6 Å². The number of nitrogens with one attached hydrogen (secondary N) is 1. The van der Waals surface area contributed by atoms with Crippen LogP contribution in [0.2, 0.25) is 0 Å². The van der Waals surface area contributed by atoms with Gasteiger partial charge in [0, 0.05) is 11.0 Å². The maximum atomic E-state index is 11.3. The van der Waals surface area contributed by atoms with Crippen molar-refractivity contribution in [3.8, 4) is 0 Å². The Morgan fingerprint density at radius 3 is 2.57 bits per heavy atom. The minimum absolute atomic E-state index is 0.0480. The first-order valence-electron chi connectivity index (χ1n) is 4.63. The number of hydrogen-bond acceptors (Lipinski definition) is 3. The summed E-state index contributed by atoms with van der Waals surface area (Å²) in [4.78, 5) is 0. The van der Waals surface area contributed by atoms with Crippen LogP contribution in [0.15, 0.2) is 0 Å². The van der Waals surface area contributed by atoms with Crippen molar-refractivity contribution in [1.29, 1.82) is 0 Å². The molecule has 0 bridgehead atoms. The molecule has 0 aliphatic heterocycles. The maximum Gasteiger partial charge on any atom is 0.213 e. The highest BCUT2D eigenvalue weighted by atomic mass is 127. The highest BCUT2D eigenvalue weighted by Crippen LogP contribution is 1.92. The highest BCUT2D eigenvalue weighted by molar-refractivity contribution is 14.1. The smallest absolute Gasteiger partial charge is 0.213 e. The predicted molar refractivity (Wildman–Crippen MR) is 66.4 cm³/mol. The molecule has 4 nitrogen and oxygen atoms in total. The summed E-state index contributed by atoms with van der Waals surface area (Å²) >= 11 is 2.22. The minimum atomic E-state index is -3.13. The second-order valence-electron chi connectivity index (χ2n) is 3.18. The molecule has 0 aliphatic carbocycles. The van der Waals surface area contributed by atoms with Gasteiger partial charge in [0.25, 0.3) is 0 Å². The lowest BCUT2D eigenvalue weighted by molar-refractivity contribution is 0.0911.